The molecule has 0 aliphatic rings. The van der Waals surface area contributed by atoms with Crippen molar-refractivity contribution in [2.75, 3.05) is 6.61 Å². The minimum Gasteiger partial charge on any atom is -0.493 e. The Morgan fingerprint density at radius 2 is 1.84 bits per heavy atom. The number of halogens is 1. The van der Waals surface area contributed by atoms with Crippen molar-refractivity contribution >= 4 is 5.97 Å². The molecule has 0 N–H and O–H groups in total. The van der Waals surface area contributed by atoms with Gasteiger partial charge in [0.05, 0.1) is 6.61 Å². The summed E-state index contributed by atoms with van der Waals surface area (Å²) in [6, 6.07) is 5.70. The van der Waals surface area contributed by atoms with Gasteiger partial charge in [-0.15, -0.1) is 0 Å². The molecule has 3 nitrogen and oxygen atoms in total. The topological polar surface area (TPSA) is 35.5 Å². The van der Waals surface area contributed by atoms with Crippen LogP contribution in [-0.4, -0.2) is 18.2 Å². The van der Waals surface area contributed by atoms with Gasteiger partial charge in [0, 0.05) is 12.0 Å². The summed E-state index contributed by atoms with van der Waals surface area (Å²) >= 11 is 0. The highest BCUT2D eigenvalue weighted by atomic mass is 19.1. The molecule has 0 fully saturated rings. The smallest absolute Gasteiger partial charge is 0.334 e. The molecule has 0 radical (unpaired) electrons. The van der Waals surface area contributed by atoms with Crippen molar-refractivity contribution in [3.05, 3.63) is 42.2 Å². The first kappa shape index (κ1) is 15.2. The lowest BCUT2D eigenvalue weighted by atomic mass is 10.1. The van der Waals surface area contributed by atoms with Gasteiger partial charge in [0.2, 0.25) is 0 Å². The third-order valence-corrected chi connectivity index (χ3v) is 2.17. The molecule has 0 unspecified atom stereocenters. The molecule has 19 heavy (non-hydrogen) atoms. The molecule has 4 heteroatoms. The Labute approximate surface area is 113 Å². The second-order valence-electron chi connectivity index (χ2n) is 5.16. The van der Waals surface area contributed by atoms with Gasteiger partial charge in [-0.25, -0.2) is 9.18 Å². The van der Waals surface area contributed by atoms with Crippen LogP contribution in [0, 0.1) is 5.82 Å². The van der Waals surface area contributed by atoms with Crippen molar-refractivity contribution in [3.63, 3.8) is 0 Å². The van der Waals surface area contributed by atoms with E-state index in [0.29, 0.717) is 24.4 Å². The first-order valence-corrected chi connectivity index (χ1v) is 6.07. The standard InChI is InChI=1S/C15H19FO3/c1-11(14(17)19-15(2,3)4)9-10-18-13-7-5-12(16)6-8-13/h5-8H,1,9-10H2,2-4H3. The van der Waals surface area contributed by atoms with Gasteiger partial charge in [0.1, 0.15) is 17.2 Å². The van der Waals surface area contributed by atoms with E-state index in [0.717, 1.165) is 0 Å². The SMILES string of the molecule is C=C(CCOc1ccc(F)cc1)C(=O)OC(C)(C)C. The Hall–Kier alpha value is -1.84. The fourth-order valence-electron chi connectivity index (χ4n) is 1.28. The Kier molecular flexibility index (Phi) is 5.10. The van der Waals surface area contributed by atoms with E-state index in [-0.39, 0.29) is 5.82 Å². The lowest BCUT2D eigenvalue weighted by molar-refractivity contribution is -0.150. The van der Waals surface area contributed by atoms with Crippen LogP contribution < -0.4 is 4.74 Å². The molecular formula is C15H19FO3. The summed E-state index contributed by atoms with van der Waals surface area (Å²) in [6.45, 7) is 9.36. The van der Waals surface area contributed by atoms with Gasteiger partial charge in [-0.05, 0) is 45.0 Å². The Balaban J connectivity index is 2.35. The molecule has 0 bridgehead atoms. The van der Waals surface area contributed by atoms with Crippen LogP contribution in [0.3, 0.4) is 0 Å². The molecule has 1 aromatic carbocycles. The molecular weight excluding hydrogens is 247 g/mol. The van der Waals surface area contributed by atoms with Gasteiger partial charge in [0.15, 0.2) is 0 Å². The van der Waals surface area contributed by atoms with Crippen LogP contribution in [0.1, 0.15) is 27.2 Å². The van der Waals surface area contributed by atoms with Crippen LogP contribution in [0.15, 0.2) is 36.4 Å². The minimum absolute atomic E-state index is 0.295. The van der Waals surface area contributed by atoms with E-state index in [2.05, 4.69) is 6.58 Å². The second-order valence-corrected chi connectivity index (χ2v) is 5.16. The summed E-state index contributed by atoms with van der Waals surface area (Å²) in [6.07, 6.45) is 0.367. The fraction of sp³-hybridized carbons (Fsp3) is 0.400. The normalized spacial score (nSPS) is 10.9. The number of benzene rings is 1. The minimum atomic E-state index is -0.530. The van der Waals surface area contributed by atoms with E-state index in [1.807, 2.05) is 0 Å². The van der Waals surface area contributed by atoms with Gasteiger partial charge < -0.3 is 9.47 Å². The zero-order valence-electron chi connectivity index (χ0n) is 11.5. The lowest BCUT2D eigenvalue weighted by Gasteiger charge is -2.20. The summed E-state index contributed by atoms with van der Waals surface area (Å²) in [7, 11) is 0. The predicted octanol–water partition coefficient (Wildman–Crippen LogP) is 3.49. The van der Waals surface area contributed by atoms with Crippen LogP contribution in [0.5, 0.6) is 5.75 Å². The van der Waals surface area contributed by atoms with E-state index in [1.54, 1.807) is 20.8 Å². The van der Waals surface area contributed by atoms with Crippen LogP contribution in [0.25, 0.3) is 0 Å². The number of hydrogen-bond acceptors (Lipinski definition) is 3. The Morgan fingerprint density at radius 1 is 1.26 bits per heavy atom. The van der Waals surface area contributed by atoms with Crippen molar-refractivity contribution in [1.29, 1.82) is 0 Å². The van der Waals surface area contributed by atoms with E-state index in [4.69, 9.17) is 9.47 Å². The van der Waals surface area contributed by atoms with Gasteiger partial charge in [0.25, 0.3) is 0 Å². The molecule has 0 heterocycles. The van der Waals surface area contributed by atoms with Crippen molar-refractivity contribution in [1.82, 2.24) is 0 Å². The summed E-state index contributed by atoms with van der Waals surface area (Å²) in [5.41, 5.74) is -0.172. The number of rotatable bonds is 5. The van der Waals surface area contributed by atoms with Crippen LogP contribution >= 0.6 is 0 Å². The quantitative estimate of drug-likeness (QED) is 0.604. The summed E-state index contributed by atoms with van der Waals surface area (Å²) in [5, 5.41) is 0. The van der Waals surface area contributed by atoms with Crippen molar-refractivity contribution in [2.24, 2.45) is 0 Å². The van der Waals surface area contributed by atoms with E-state index in [1.165, 1.54) is 24.3 Å². The Morgan fingerprint density at radius 3 is 2.37 bits per heavy atom. The molecule has 0 saturated carbocycles. The fourth-order valence-corrected chi connectivity index (χ4v) is 1.28. The number of carbonyl (C=O) groups is 1. The third-order valence-electron chi connectivity index (χ3n) is 2.17. The first-order valence-electron chi connectivity index (χ1n) is 6.07. The number of carbonyl (C=O) groups excluding carboxylic acids is 1. The summed E-state index contributed by atoms with van der Waals surface area (Å²) < 4.78 is 23.2. The van der Waals surface area contributed by atoms with Crippen molar-refractivity contribution < 1.29 is 18.7 Å². The van der Waals surface area contributed by atoms with Crippen LogP contribution in [0.2, 0.25) is 0 Å². The summed E-state index contributed by atoms with van der Waals surface area (Å²) in [4.78, 5) is 11.6. The molecule has 0 atom stereocenters. The molecule has 104 valence electrons. The molecule has 0 aliphatic carbocycles. The number of hydrogen-bond donors (Lipinski definition) is 0. The third kappa shape index (κ3) is 6.04. The average Bonchev–Trinajstić information content (AvgIpc) is 2.29. The van der Waals surface area contributed by atoms with E-state index < -0.39 is 11.6 Å². The van der Waals surface area contributed by atoms with Crippen LogP contribution in [0.4, 0.5) is 4.39 Å². The largest absolute Gasteiger partial charge is 0.493 e. The molecule has 1 aromatic rings. The second kappa shape index (κ2) is 6.36. The van der Waals surface area contributed by atoms with Crippen molar-refractivity contribution in [3.8, 4) is 5.75 Å². The highest BCUT2D eigenvalue weighted by molar-refractivity contribution is 5.87. The highest BCUT2D eigenvalue weighted by Gasteiger charge is 2.18. The molecule has 0 aromatic heterocycles. The Bertz CT molecular complexity index is 443. The van der Waals surface area contributed by atoms with Gasteiger partial charge in [-0.2, -0.15) is 0 Å². The summed E-state index contributed by atoms with van der Waals surface area (Å²) in [5.74, 6) is -0.181. The molecule has 0 aliphatic heterocycles. The molecule has 1 rings (SSSR count). The maximum Gasteiger partial charge on any atom is 0.334 e. The molecule has 0 amide bonds. The highest BCUT2D eigenvalue weighted by Crippen LogP contribution is 2.14. The van der Waals surface area contributed by atoms with Gasteiger partial charge in [-0.3, -0.25) is 0 Å². The molecule has 0 spiro atoms. The van der Waals surface area contributed by atoms with Gasteiger partial charge in [-0.1, -0.05) is 6.58 Å². The monoisotopic (exact) mass is 266 g/mol. The lowest BCUT2D eigenvalue weighted by Crippen LogP contribution is -2.25. The van der Waals surface area contributed by atoms with Crippen LogP contribution in [-0.2, 0) is 9.53 Å². The first-order chi connectivity index (χ1) is 8.78. The van der Waals surface area contributed by atoms with Crippen molar-refractivity contribution in [2.45, 2.75) is 32.8 Å². The van der Waals surface area contributed by atoms with Gasteiger partial charge >= 0.3 is 5.97 Å². The average molecular weight is 266 g/mol. The number of ether oxygens (including phenoxy) is 2. The number of esters is 1. The maximum atomic E-state index is 12.7. The predicted molar refractivity (Wildman–Crippen MR) is 71.5 cm³/mol. The van der Waals surface area contributed by atoms with E-state index >= 15 is 0 Å². The zero-order chi connectivity index (χ0) is 14.5. The van der Waals surface area contributed by atoms with E-state index in [9.17, 15) is 9.18 Å². The maximum absolute atomic E-state index is 12.7. The molecule has 0 saturated heterocycles. The zero-order valence-corrected chi connectivity index (χ0v) is 11.5.